The van der Waals surface area contributed by atoms with Crippen molar-refractivity contribution in [2.45, 2.75) is 48.3 Å². The van der Waals surface area contributed by atoms with Gasteiger partial charge in [-0.1, -0.05) is 29.1 Å². The van der Waals surface area contributed by atoms with Gasteiger partial charge in [-0.2, -0.15) is 0 Å². The van der Waals surface area contributed by atoms with Crippen LogP contribution in [0.5, 0.6) is 0 Å². The van der Waals surface area contributed by atoms with Crippen molar-refractivity contribution in [3.05, 3.63) is 40.9 Å². The number of hydrogen-bond donors (Lipinski definition) is 1. The number of ether oxygens (including phenoxy) is 2. The van der Waals surface area contributed by atoms with E-state index in [0.717, 1.165) is 19.7 Å². The zero-order chi connectivity index (χ0) is 17.4. The van der Waals surface area contributed by atoms with Crippen molar-refractivity contribution in [2.24, 2.45) is 5.16 Å². The summed E-state index contributed by atoms with van der Waals surface area (Å²) in [5.74, 6) is -0.562. The van der Waals surface area contributed by atoms with E-state index in [9.17, 15) is 0 Å². The van der Waals surface area contributed by atoms with E-state index >= 15 is 0 Å². The van der Waals surface area contributed by atoms with E-state index in [1.807, 2.05) is 51.2 Å². The van der Waals surface area contributed by atoms with Crippen LogP contribution in [0, 0.1) is 0 Å². The van der Waals surface area contributed by atoms with Crippen LogP contribution in [-0.4, -0.2) is 28.3 Å². The number of rotatable bonds is 4. The molecule has 0 bridgehead atoms. The molecule has 0 spiro atoms. The molecule has 1 aliphatic heterocycles. The summed E-state index contributed by atoms with van der Waals surface area (Å²) >= 11 is 3.23. The number of hydrogen-bond acceptors (Lipinski definition) is 7. The van der Waals surface area contributed by atoms with Gasteiger partial charge in [-0.05, 0) is 45.4 Å². The highest BCUT2D eigenvalue weighted by Crippen LogP contribution is 2.42. The second-order valence-corrected chi connectivity index (χ2v) is 8.67. The minimum Gasteiger partial charge on any atom is -0.411 e. The van der Waals surface area contributed by atoms with Crippen LogP contribution in [0.1, 0.15) is 38.1 Å². The summed E-state index contributed by atoms with van der Waals surface area (Å²) in [5.41, 5.74) is 1.04. The van der Waals surface area contributed by atoms with E-state index in [4.69, 9.17) is 14.7 Å². The lowest BCUT2D eigenvalue weighted by atomic mass is 10.1. The van der Waals surface area contributed by atoms with E-state index in [2.05, 4.69) is 10.1 Å². The second-order valence-electron chi connectivity index (χ2n) is 6.32. The Balaban J connectivity index is 1.73. The van der Waals surface area contributed by atoms with Gasteiger partial charge in [-0.15, -0.1) is 11.3 Å². The van der Waals surface area contributed by atoms with Gasteiger partial charge in [0.2, 0.25) is 0 Å². The normalized spacial score (nSPS) is 23.6. The molecule has 1 atom stereocenters. The van der Waals surface area contributed by atoms with Crippen molar-refractivity contribution < 1.29 is 14.7 Å². The van der Waals surface area contributed by atoms with Crippen LogP contribution >= 0.6 is 23.1 Å². The third-order valence-electron chi connectivity index (χ3n) is 3.80. The average Bonchev–Trinajstić information content (AvgIpc) is 3.12. The Morgan fingerprint density at radius 1 is 1.29 bits per heavy atom. The summed E-state index contributed by atoms with van der Waals surface area (Å²) in [6.45, 7) is 8.18. The third-order valence-corrected chi connectivity index (χ3v) is 6.12. The van der Waals surface area contributed by atoms with Crippen molar-refractivity contribution in [3.63, 3.8) is 0 Å². The number of thiazole rings is 1. The molecule has 1 aromatic carbocycles. The molecular formula is C17H20N2O3S2. The Kier molecular flexibility index (Phi) is 4.70. The molecule has 0 unspecified atom stereocenters. The smallest absolute Gasteiger partial charge is 0.164 e. The molecule has 3 rings (SSSR count). The molecular weight excluding hydrogens is 344 g/mol. The van der Waals surface area contributed by atoms with Crippen LogP contribution in [0.4, 0.5) is 0 Å². The maximum absolute atomic E-state index is 8.81. The molecule has 2 heterocycles. The predicted octanol–water partition coefficient (Wildman–Crippen LogP) is 4.49. The van der Waals surface area contributed by atoms with Gasteiger partial charge in [0.05, 0.1) is 17.2 Å². The Morgan fingerprint density at radius 2 is 2.00 bits per heavy atom. The van der Waals surface area contributed by atoms with Crippen LogP contribution in [0.2, 0.25) is 0 Å². The van der Waals surface area contributed by atoms with Crippen molar-refractivity contribution in [1.29, 1.82) is 0 Å². The van der Waals surface area contributed by atoms with Crippen LogP contribution < -0.4 is 0 Å². The quantitative estimate of drug-likeness (QED) is 0.492. The van der Waals surface area contributed by atoms with Gasteiger partial charge in [0.15, 0.2) is 10.1 Å². The summed E-state index contributed by atoms with van der Waals surface area (Å²) in [6.07, 6.45) is 1.87. The largest absolute Gasteiger partial charge is 0.411 e. The van der Waals surface area contributed by atoms with E-state index < -0.39 is 11.4 Å². The van der Waals surface area contributed by atoms with Gasteiger partial charge >= 0.3 is 0 Å². The highest BCUT2D eigenvalue weighted by molar-refractivity contribution is 8.01. The van der Waals surface area contributed by atoms with E-state index in [1.165, 1.54) is 0 Å². The molecule has 0 radical (unpaired) electrons. The van der Waals surface area contributed by atoms with Crippen molar-refractivity contribution in [3.8, 4) is 0 Å². The fourth-order valence-electron chi connectivity index (χ4n) is 2.51. The van der Waals surface area contributed by atoms with Crippen LogP contribution in [-0.2, 0) is 15.1 Å². The van der Waals surface area contributed by atoms with Gasteiger partial charge in [-0.3, -0.25) is 0 Å². The van der Waals surface area contributed by atoms with Gasteiger partial charge in [0.25, 0.3) is 0 Å². The maximum atomic E-state index is 8.81. The van der Waals surface area contributed by atoms with Gasteiger partial charge in [-0.25, -0.2) is 4.98 Å². The van der Waals surface area contributed by atoms with Crippen molar-refractivity contribution >= 4 is 28.8 Å². The first kappa shape index (κ1) is 17.4. The molecule has 1 fully saturated rings. The zero-order valence-corrected chi connectivity index (χ0v) is 15.7. The highest BCUT2D eigenvalue weighted by atomic mass is 32.2. The summed E-state index contributed by atoms with van der Waals surface area (Å²) in [7, 11) is 0. The molecule has 1 N–H and O–H groups in total. The van der Waals surface area contributed by atoms with Gasteiger partial charge in [0, 0.05) is 11.1 Å². The monoisotopic (exact) mass is 364 g/mol. The molecule has 5 nitrogen and oxygen atoms in total. The summed E-state index contributed by atoms with van der Waals surface area (Å²) in [5, 5.41) is 12.0. The number of benzene rings is 1. The second kappa shape index (κ2) is 6.48. The number of nitrogens with zero attached hydrogens (tertiary/aromatic N) is 2. The number of oxime groups is 1. The van der Waals surface area contributed by atoms with Crippen LogP contribution in [0.3, 0.4) is 0 Å². The Hall–Kier alpha value is -1.41. The molecule has 1 aromatic heterocycles. The minimum atomic E-state index is -0.562. The third kappa shape index (κ3) is 3.64. The molecule has 7 heteroatoms. The molecule has 1 aliphatic rings. The topological polar surface area (TPSA) is 63.9 Å². The van der Waals surface area contributed by atoms with Crippen LogP contribution in [0.25, 0.3) is 0 Å². The Labute approximate surface area is 149 Å². The average molecular weight is 364 g/mol. The molecule has 128 valence electrons. The van der Waals surface area contributed by atoms with Gasteiger partial charge in [0.1, 0.15) is 5.60 Å². The van der Waals surface area contributed by atoms with E-state index in [1.54, 1.807) is 30.0 Å². The highest BCUT2D eigenvalue weighted by Gasteiger charge is 2.44. The Bertz CT molecular complexity index is 755. The van der Waals surface area contributed by atoms with Gasteiger partial charge < -0.3 is 14.7 Å². The van der Waals surface area contributed by atoms with Crippen LogP contribution in [0.15, 0.2) is 44.9 Å². The molecule has 0 amide bonds. The summed E-state index contributed by atoms with van der Waals surface area (Å²) < 4.78 is 12.7. The standard InChI is InChI=1S/C17H20N2O3S2/c1-11(19-20)12-5-7-13(8-6-12)23-15-18-9-14(24-15)17(4)10-21-16(2,3)22-17/h5-9,20H,10H2,1-4H3/b19-11-/t17-/m1/s1. The SMILES string of the molecule is C/C(=N/O)c1ccc(Sc2ncc([C@@]3(C)COC(C)(C)O3)s2)cc1. The maximum Gasteiger partial charge on any atom is 0.164 e. The minimum absolute atomic E-state index is 0.446. The first-order valence-electron chi connectivity index (χ1n) is 7.59. The summed E-state index contributed by atoms with van der Waals surface area (Å²) in [6, 6.07) is 7.86. The van der Waals surface area contributed by atoms with E-state index in [-0.39, 0.29) is 0 Å². The molecule has 24 heavy (non-hydrogen) atoms. The summed E-state index contributed by atoms with van der Waals surface area (Å²) in [4.78, 5) is 6.65. The lowest BCUT2D eigenvalue weighted by Crippen LogP contribution is -2.27. The lowest BCUT2D eigenvalue weighted by Gasteiger charge is -2.23. The number of aromatic nitrogens is 1. The van der Waals surface area contributed by atoms with E-state index in [0.29, 0.717) is 12.3 Å². The molecule has 0 aliphatic carbocycles. The molecule has 0 saturated carbocycles. The lowest BCUT2D eigenvalue weighted by molar-refractivity contribution is -0.158. The molecule has 2 aromatic rings. The first-order chi connectivity index (χ1) is 11.3. The fourth-order valence-corrected chi connectivity index (χ4v) is 4.53. The first-order valence-corrected chi connectivity index (χ1v) is 9.22. The van der Waals surface area contributed by atoms with Crippen molar-refractivity contribution in [2.75, 3.05) is 6.61 Å². The zero-order valence-electron chi connectivity index (χ0n) is 14.1. The Morgan fingerprint density at radius 3 is 2.58 bits per heavy atom. The predicted molar refractivity (Wildman–Crippen MR) is 95.1 cm³/mol. The van der Waals surface area contributed by atoms with Crippen molar-refractivity contribution in [1.82, 2.24) is 4.98 Å². The molecule has 1 saturated heterocycles. The fraction of sp³-hybridized carbons (Fsp3) is 0.412.